The van der Waals surface area contributed by atoms with E-state index in [0.29, 0.717) is 17.8 Å². The van der Waals surface area contributed by atoms with Crippen molar-refractivity contribution in [1.82, 2.24) is 18.9 Å². The first kappa shape index (κ1) is 23.2. The summed E-state index contributed by atoms with van der Waals surface area (Å²) in [7, 11) is 1.88. The summed E-state index contributed by atoms with van der Waals surface area (Å²) in [4.78, 5) is 25.7. The van der Waals surface area contributed by atoms with Crippen molar-refractivity contribution < 1.29 is 22.8 Å². The summed E-state index contributed by atoms with van der Waals surface area (Å²) < 4.78 is 40.8. The Morgan fingerprint density at radius 1 is 1.21 bits per heavy atom. The number of rotatable bonds is 9. The lowest BCUT2D eigenvalue weighted by atomic mass is 10.0. The molecule has 176 valence electrons. The molecule has 0 spiro atoms. The summed E-state index contributed by atoms with van der Waals surface area (Å²) in [5.41, 5.74) is 4.67. The van der Waals surface area contributed by atoms with Crippen LogP contribution >= 0.6 is 0 Å². The van der Waals surface area contributed by atoms with Crippen LogP contribution in [0, 0.1) is 0 Å². The Morgan fingerprint density at radius 3 is 2.82 bits per heavy atom. The second kappa shape index (κ2) is 9.90. The van der Waals surface area contributed by atoms with Gasteiger partial charge in [-0.1, -0.05) is 23.4 Å². The number of halogens is 3. The van der Waals surface area contributed by atoms with Gasteiger partial charge in [0.25, 0.3) is 0 Å². The van der Waals surface area contributed by atoms with Gasteiger partial charge in [0.05, 0.1) is 42.7 Å². The van der Waals surface area contributed by atoms with Crippen LogP contribution in [0.2, 0.25) is 0 Å². The van der Waals surface area contributed by atoms with E-state index >= 15 is 0 Å². The number of pyridine rings is 1. The molecule has 0 atom stereocenters. The Morgan fingerprint density at radius 2 is 2.06 bits per heavy atom. The minimum atomic E-state index is -4.33. The number of oxime groups is 1. The van der Waals surface area contributed by atoms with Crippen molar-refractivity contribution in [3.8, 4) is 11.3 Å². The van der Waals surface area contributed by atoms with Gasteiger partial charge in [0.1, 0.15) is 11.4 Å². The van der Waals surface area contributed by atoms with E-state index in [-0.39, 0.29) is 6.42 Å². The number of carbonyl (C=O) groups excluding carboxylic acids is 1. The van der Waals surface area contributed by atoms with Crippen molar-refractivity contribution in [2.24, 2.45) is 12.2 Å². The molecule has 3 aromatic heterocycles. The van der Waals surface area contributed by atoms with E-state index in [9.17, 15) is 18.0 Å². The van der Waals surface area contributed by atoms with Crippen molar-refractivity contribution in [3.05, 3.63) is 78.1 Å². The first-order valence-electron chi connectivity index (χ1n) is 10.5. The van der Waals surface area contributed by atoms with E-state index in [0.717, 1.165) is 22.5 Å². The van der Waals surface area contributed by atoms with Crippen molar-refractivity contribution >= 4 is 17.6 Å². The van der Waals surface area contributed by atoms with Gasteiger partial charge in [-0.3, -0.25) is 9.20 Å². The number of alkyl halides is 3. The third-order valence-corrected chi connectivity index (χ3v) is 5.25. The van der Waals surface area contributed by atoms with E-state index in [4.69, 9.17) is 4.84 Å². The highest BCUT2D eigenvalue weighted by Gasteiger charge is 2.27. The molecular formula is C24H22F3N5O2. The average Bonchev–Trinajstić information content (AvgIpc) is 3.40. The molecule has 0 aliphatic rings. The summed E-state index contributed by atoms with van der Waals surface area (Å²) >= 11 is 0. The molecule has 4 aromatic rings. The number of Topliss-reactive ketones (excluding diaryl/α,β-unsaturated/α-hetero) is 1. The van der Waals surface area contributed by atoms with Gasteiger partial charge >= 0.3 is 6.18 Å². The van der Waals surface area contributed by atoms with E-state index < -0.39 is 24.8 Å². The van der Waals surface area contributed by atoms with E-state index in [1.54, 1.807) is 43.1 Å². The van der Waals surface area contributed by atoms with Crippen LogP contribution in [0.4, 0.5) is 13.2 Å². The number of aromatic nitrogens is 4. The van der Waals surface area contributed by atoms with Crippen molar-refractivity contribution in [2.45, 2.75) is 32.0 Å². The summed E-state index contributed by atoms with van der Waals surface area (Å²) in [6, 6.07) is 10.9. The number of imidazole rings is 2. The molecule has 0 amide bonds. The molecule has 0 N–H and O–H groups in total. The van der Waals surface area contributed by atoms with Crippen LogP contribution in [0.25, 0.3) is 16.9 Å². The zero-order valence-electron chi connectivity index (χ0n) is 18.4. The largest absolute Gasteiger partial charge is 0.389 e. The minimum Gasteiger partial charge on any atom is -0.389 e. The number of benzene rings is 1. The van der Waals surface area contributed by atoms with Crippen molar-refractivity contribution in [3.63, 3.8) is 0 Å². The molecular weight excluding hydrogens is 447 g/mol. The predicted molar refractivity (Wildman–Crippen MR) is 120 cm³/mol. The molecule has 0 fully saturated rings. The van der Waals surface area contributed by atoms with Crippen LogP contribution in [0.15, 0.2) is 66.5 Å². The average molecular weight is 469 g/mol. The SMILES string of the molecule is Cn1cncc1CO/N=C/c1ccn2c(-c3cccc(CC(=O)CCC(F)(F)F)c3)cnc2c1. The second-order valence-corrected chi connectivity index (χ2v) is 7.87. The maximum atomic E-state index is 12.4. The Bertz CT molecular complexity index is 1320. The zero-order chi connectivity index (χ0) is 24.1. The van der Waals surface area contributed by atoms with E-state index in [1.807, 2.05) is 40.4 Å². The monoisotopic (exact) mass is 469 g/mol. The molecule has 0 aliphatic heterocycles. The van der Waals surface area contributed by atoms with Crippen molar-refractivity contribution in [2.75, 3.05) is 0 Å². The highest BCUT2D eigenvalue weighted by atomic mass is 19.4. The van der Waals surface area contributed by atoms with Gasteiger partial charge in [-0.15, -0.1) is 0 Å². The molecule has 34 heavy (non-hydrogen) atoms. The first-order valence-corrected chi connectivity index (χ1v) is 10.5. The van der Waals surface area contributed by atoms with Crippen LogP contribution in [0.5, 0.6) is 0 Å². The van der Waals surface area contributed by atoms with Crippen LogP contribution in [-0.2, 0) is 29.7 Å². The van der Waals surface area contributed by atoms with Crippen LogP contribution in [0.3, 0.4) is 0 Å². The normalized spacial score (nSPS) is 12.0. The molecule has 0 aliphatic carbocycles. The van der Waals surface area contributed by atoms with Gasteiger partial charge in [-0.25, -0.2) is 9.97 Å². The number of carbonyl (C=O) groups is 1. The van der Waals surface area contributed by atoms with Crippen LogP contribution in [0.1, 0.15) is 29.7 Å². The number of ketones is 1. The lowest BCUT2D eigenvalue weighted by molar-refractivity contribution is -0.143. The summed E-state index contributed by atoms with van der Waals surface area (Å²) in [5.74, 6) is -0.442. The molecule has 0 saturated carbocycles. The number of nitrogens with zero attached hydrogens (tertiary/aromatic N) is 5. The number of hydrogen-bond donors (Lipinski definition) is 0. The lowest BCUT2D eigenvalue weighted by Crippen LogP contribution is -2.12. The summed E-state index contributed by atoms with van der Waals surface area (Å²) in [6.45, 7) is 0.303. The third kappa shape index (κ3) is 5.89. The quantitative estimate of drug-likeness (QED) is 0.262. The lowest BCUT2D eigenvalue weighted by Gasteiger charge is -2.07. The van der Waals surface area contributed by atoms with Crippen LogP contribution < -0.4 is 0 Å². The van der Waals surface area contributed by atoms with Gasteiger partial charge < -0.3 is 9.40 Å². The number of fused-ring (bicyclic) bond motifs is 1. The molecule has 0 saturated heterocycles. The smallest absolute Gasteiger partial charge is 0.389 e. The fourth-order valence-corrected chi connectivity index (χ4v) is 3.45. The standard InChI is InChI=1S/C24H22F3N5O2/c1-31-16-28-13-20(31)15-34-30-12-18-6-8-32-22(14-29-23(32)11-18)19-4-2-3-17(9-19)10-21(33)5-7-24(25,26)27/h2-4,6,8-9,11-14,16H,5,7,10,15H2,1H3/b30-12+. The van der Waals surface area contributed by atoms with Crippen LogP contribution in [-0.4, -0.2) is 37.1 Å². The highest BCUT2D eigenvalue weighted by molar-refractivity contribution is 5.82. The molecule has 1 aromatic carbocycles. The molecule has 0 unspecified atom stereocenters. The van der Waals surface area contributed by atoms with Gasteiger partial charge in [0.2, 0.25) is 0 Å². The Hall–Kier alpha value is -3.95. The number of aryl methyl sites for hydroxylation is 1. The van der Waals surface area contributed by atoms with Gasteiger partial charge in [-0.05, 0) is 23.8 Å². The first-order chi connectivity index (χ1) is 16.3. The summed E-state index contributed by atoms with van der Waals surface area (Å²) in [6.07, 6.45) is 2.56. The molecule has 0 bridgehead atoms. The summed E-state index contributed by atoms with van der Waals surface area (Å²) in [5, 5.41) is 3.99. The van der Waals surface area contributed by atoms with Gasteiger partial charge in [0.15, 0.2) is 6.61 Å². The van der Waals surface area contributed by atoms with Gasteiger partial charge in [-0.2, -0.15) is 13.2 Å². The molecule has 4 rings (SSSR count). The predicted octanol–water partition coefficient (Wildman–Crippen LogP) is 4.74. The Kier molecular flexibility index (Phi) is 6.76. The molecule has 7 nitrogen and oxygen atoms in total. The minimum absolute atomic E-state index is 0.0416. The number of hydrogen-bond acceptors (Lipinski definition) is 5. The highest BCUT2D eigenvalue weighted by Crippen LogP contribution is 2.24. The topological polar surface area (TPSA) is 73.8 Å². The van der Waals surface area contributed by atoms with Crippen molar-refractivity contribution in [1.29, 1.82) is 0 Å². The Labute approximate surface area is 193 Å². The van der Waals surface area contributed by atoms with Gasteiger partial charge in [0, 0.05) is 37.2 Å². The van der Waals surface area contributed by atoms with E-state index in [2.05, 4.69) is 15.1 Å². The zero-order valence-corrected chi connectivity index (χ0v) is 18.4. The second-order valence-electron chi connectivity index (χ2n) is 7.87. The molecule has 3 heterocycles. The maximum Gasteiger partial charge on any atom is 0.389 e. The Balaban J connectivity index is 1.43. The fraction of sp³-hybridized carbons (Fsp3) is 0.250. The molecule has 0 radical (unpaired) electrons. The van der Waals surface area contributed by atoms with E-state index in [1.165, 1.54) is 0 Å². The molecule has 10 heteroatoms. The third-order valence-electron chi connectivity index (χ3n) is 5.25. The fourth-order valence-electron chi connectivity index (χ4n) is 3.45. The maximum absolute atomic E-state index is 12.4.